The number of imidazole rings is 1. The predicted octanol–water partition coefficient (Wildman–Crippen LogP) is 5.07. The molecule has 0 fully saturated rings. The maximum atomic E-state index is 12.8. The summed E-state index contributed by atoms with van der Waals surface area (Å²) in [5.41, 5.74) is 3.64. The third kappa shape index (κ3) is 4.16. The van der Waals surface area contributed by atoms with Crippen LogP contribution in [0.25, 0.3) is 28.1 Å². The molecule has 9 heteroatoms. The lowest BCUT2D eigenvalue weighted by molar-refractivity contribution is -0.145. The van der Waals surface area contributed by atoms with Gasteiger partial charge in [-0.15, -0.1) is 0 Å². The Hall–Kier alpha value is -3.68. The number of pyridine rings is 1. The third-order valence-electron chi connectivity index (χ3n) is 5.38. The Bertz CT molecular complexity index is 1620. The number of nitrogens with zero attached hydrogens (tertiary/aromatic N) is 4. The van der Waals surface area contributed by atoms with Gasteiger partial charge in [-0.2, -0.15) is 0 Å². The van der Waals surface area contributed by atoms with E-state index in [0.717, 1.165) is 11.1 Å². The van der Waals surface area contributed by atoms with Crippen LogP contribution in [0.1, 0.15) is 11.3 Å². The minimum absolute atomic E-state index is 0.107. The van der Waals surface area contributed by atoms with Crippen molar-refractivity contribution in [1.29, 1.82) is 0 Å². The monoisotopic (exact) mass is 492 g/mol. The molecule has 7 nitrogen and oxygen atoms in total. The van der Waals surface area contributed by atoms with Gasteiger partial charge < -0.3 is 9.30 Å². The number of hydrogen-bond donors (Lipinski definition) is 0. The minimum atomic E-state index is -0.506. The molecule has 0 amide bonds. The van der Waals surface area contributed by atoms with Crippen molar-refractivity contribution in [2.45, 2.75) is 20.1 Å². The summed E-state index contributed by atoms with van der Waals surface area (Å²) >= 11 is 12.6. The molecular formula is C25H18Cl2N4O3. The number of aryl methyl sites for hydroxylation is 1. The first kappa shape index (κ1) is 22.1. The zero-order valence-electron chi connectivity index (χ0n) is 18.0. The number of rotatable bonds is 5. The van der Waals surface area contributed by atoms with E-state index in [1.54, 1.807) is 35.0 Å². The molecule has 3 aromatic heterocycles. The van der Waals surface area contributed by atoms with Gasteiger partial charge in [0.15, 0.2) is 0 Å². The van der Waals surface area contributed by atoms with E-state index in [4.69, 9.17) is 27.9 Å². The van der Waals surface area contributed by atoms with Crippen LogP contribution >= 0.6 is 23.2 Å². The molecule has 170 valence electrons. The number of ether oxygens (including phenoxy) is 1. The normalized spacial score (nSPS) is 11.3. The van der Waals surface area contributed by atoms with Gasteiger partial charge in [-0.1, -0.05) is 47.5 Å². The predicted molar refractivity (Wildman–Crippen MR) is 131 cm³/mol. The lowest BCUT2D eigenvalue weighted by atomic mass is 10.2. The standard InChI is InChI=1S/C25H18Cl2N4O3/c1-15-9-10-21-28-16(11-22(32)31(21)12-15)14-34-23(33)13-30-20-8-3-2-7-19(20)29-25(30)17-5-4-6-18(26)24(17)27/h2-12H,13-14H2,1H3. The Morgan fingerprint density at radius 1 is 1.03 bits per heavy atom. The third-order valence-corrected chi connectivity index (χ3v) is 6.19. The summed E-state index contributed by atoms with van der Waals surface area (Å²) < 4.78 is 8.66. The molecule has 0 atom stereocenters. The number of halogens is 2. The summed E-state index contributed by atoms with van der Waals surface area (Å²) in [5, 5.41) is 0.745. The van der Waals surface area contributed by atoms with Gasteiger partial charge in [0.2, 0.25) is 0 Å². The molecule has 0 N–H and O–H groups in total. The molecule has 0 aliphatic rings. The average molecular weight is 493 g/mol. The van der Waals surface area contributed by atoms with Crippen LogP contribution < -0.4 is 5.56 Å². The SMILES string of the molecule is Cc1ccc2nc(COC(=O)Cn3c(-c4cccc(Cl)c4Cl)nc4ccccc43)cc(=O)n2c1. The number of benzene rings is 2. The van der Waals surface area contributed by atoms with Crippen LogP contribution in [0.2, 0.25) is 10.0 Å². The number of para-hydroxylation sites is 2. The van der Waals surface area contributed by atoms with Crippen molar-refractivity contribution in [3.63, 3.8) is 0 Å². The largest absolute Gasteiger partial charge is 0.458 e. The van der Waals surface area contributed by atoms with E-state index in [2.05, 4.69) is 9.97 Å². The molecule has 0 spiro atoms. The minimum Gasteiger partial charge on any atom is -0.458 e. The van der Waals surface area contributed by atoms with E-state index >= 15 is 0 Å². The fourth-order valence-electron chi connectivity index (χ4n) is 3.78. The fourth-order valence-corrected chi connectivity index (χ4v) is 4.16. The number of fused-ring (bicyclic) bond motifs is 2. The van der Waals surface area contributed by atoms with Crippen molar-refractivity contribution < 1.29 is 9.53 Å². The number of hydrogen-bond acceptors (Lipinski definition) is 5. The highest BCUT2D eigenvalue weighted by Gasteiger charge is 2.19. The van der Waals surface area contributed by atoms with Crippen LogP contribution in [0, 0.1) is 6.92 Å². The molecule has 0 aliphatic carbocycles. The summed E-state index contributed by atoms with van der Waals surface area (Å²) in [6.07, 6.45) is 1.72. The van der Waals surface area contributed by atoms with Crippen molar-refractivity contribution in [2.75, 3.05) is 0 Å². The van der Waals surface area contributed by atoms with Crippen molar-refractivity contribution in [1.82, 2.24) is 18.9 Å². The second kappa shape index (κ2) is 8.93. The van der Waals surface area contributed by atoms with E-state index in [1.807, 2.05) is 37.3 Å². The van der Waals surface area contributed by atoms with Gasteiger partial charge in [-0.3, -0.25) is 14.0 Å². The lowest BCUT2D eigenvalue weighted by Crippen LogP contribution is -2.18. The second-order valence-electron chi connectivity index (χ2n) is 7.79. The molecule has 0 aliphatic heterocycles. The molecule has 0 saturated carbocycles. The highest BCUT2D eigenvalue weighted by atomic mass is 35.5. The Balaban J connectivity index is 1.43. The highest BCUT2D eigenvalue weighted by molar-refractivity contribution is 6.43. The van der Waals surface area contributed by atoms with Crippen LogP contribution in [0.3, 0.4) is 0 Å². The Kier molecular flexibility index (Phi) is 5.81. The number of carbonyl (C=O) groups is 1. The number of esters is 1. The van der Waals surface area contributed by atoms with Crippen LogP contribution in [-0.2, 0) is 22.7 Å². The molecule has 0 saturated heterocycles. The van der Waals surface area contributed by atoms with E-state index in [0.29, 0.717) is 38.3 Å². The molecule has 5 rings (SSSR count). The van der Waals surface area contributed by atoms with E-state index < -0.39 is 5.97 Å². The van der Waals surface area contributed by atoms with Crippen molar-refractivity contribution >= 4 is 45.9 Å². The van der Waals surface area contributed by atoms with Crippen LogP contribution in [-0.4, -0.2) is 24.9 Å². The van der Waals surface area contributed by atoms with Crippen LogP contribution in [0.5, 0.6) is 0 Å². The molecular weight excluding hydrogens is 475 g/mol. The smallest absolute Gasteiger partial charge is 0.326 e. The molecule has 0 bridgehead atoms. The van der Waals surface area contributed by atoms with Crippen molar-refractivity contribution in [3.8, 4) is 11.4 Å². The topological polar surface area (TPSA) is 78.5 Å². The highest BCUT2D eigenvalue weighted by Crippen LogP contribution is 2.34. The van der Waals surface area contributed by atoms with E-state index in [-0.39, 0.29) is 18.7 Å². The molecule has 34 heavy (non-hydrogen) atoms. The van der Waals surface area contributed by atoms with Gasteiger partial charge in [-0.05, 0) is 42.8 Å². The first-order chi connectivity index (χ1) is 16.4. The van der Waals surface area contributed by atoms with Gasteiger partial charge in [0, 0.05) is 17.8 Å². The summed E-state index contributed by atoms with van der Waals surface area (Å²) in [7, 11) is 0. The summed E-state index contributed by atoms with van der Waals surface area (Å²) in [6.45, 7) is 1.66. The Morgan fingerprint density at radius 2 is 1.85 bits per heavy atom. The van der Waals surface area contributed by atoms with Gasteiger partial charge in [0.1, 0.15) is 24.6 Å². The molecule has 0 radical (unpaired) electrons. The fraction of sp³-hybridized carbons (Fsp3) is 0.120. The lowest BCUT2D eigenvalue weighted by Gasteiger charge is -2.11. The zero-order valence-corrected chi connectivity index (χ0v) is 19.5. The quantitative estimate of drug-likeness (QED) is 0.320. The summed E-state index contributed by atoms with van der Waals surface area (Å²) in [4.78, 5) is 34.3. The van der Waals surface area contributed by atoms with Crippen molar-refractivity contribution in [2.24, 2.45) is 0 Å². The molecule has 2 aromatic carbocycles. The first-order valence-corrected chi connectivity index (χ1v) is 11.2. The summed E-state index contributed by atoms with van der Waals surface area (Å²) in [5.74, 6) is -0.00319. The maximum Gasteiger partial charge on any atom is 0.326 e. The average Bonchev–Trinajstić information content (AvgIpc) is 3.18. The zero-order chi connectivity index (χ0) is 23.8. The van der Waals surface area contributed by atoms with Gasteiger partial charge in [0.25, 0.3) is 5.56 Å². The Morgan fingerprint density at radius 3 is 2.71 bits per heavy atom. The summed E-state index contributed by atoms with van der Waals surface area (Å²) in [6, 6.07) is 17.7. The van der Waals surface area contributed by atoms with Crippen molar-refractivity contribution in [3.05, 3.63) is 98.5 Å². The van der Waals surface area contributed by atoms with Gasteiger partial charge >= 0.3 is 5.97 Å². The maximum absolute atomic E-state index is 12.8. The second-order valence-corrected chi connectivity index (χ2v) is 8.58. The van der Waals surface area contributed by atoms with Crippen LogP contribution in [0.15, 0.2) is 71.7 Å². The van der Waals surface area contributed by atoms with Gasteiger partial charge in [-0.25, -0.2) is 9.97 Å². The molecule has 5 aromatic rings. The molecule has 3 heterocycles. The van der Waals surface area contributed by atoms with E-state index in [1.165, 1.54) is 10.5 Å². The first-order valence-electron chi connectivity index (χ1n) is 10.4. The van der Waals surface area contributed by atoms with Gasteiger partial charge in [0.05, 0.1) is 26.8 Å². The Labute approximate surface area is 204 Å². The molecule has 0 unspecified atom stereocenters. The van der Waals surface area contributed by atoms with E-state index in [9.17, 15) is 9.59 Å². The number of aromatic nitrogens is 4. The van der Waals surface area contributed by atoms with Crippen LogP contribution in [0.4, 0.5) is 0 Å². The number of carbonyl (C=O) groups excluding carboxylic acids is 1.